The van der Waals surface area contributed by atoms with Gasteiger partial charge in [0.25, 0.3) is 0 Å². The van der Waals surface area contributed by atoms with Gasteiger partial charge in [-0.05, 0) is 77.4 Å². The molecule has 0 saturated carbocycles. The van der Waals surface area contributed by atoms with Crippen LogP contribution in [0.25, 0.3) is 16.8 Å². The molecule has 0 saturated heterocycles. The summed E-state index contributed by atoms with van der Waals surface area (Å²) in [4.78, 5) is 8.45. The highest BCUT2D eigenvalue weighted by Crippen LogP contribution is 2.26. The van der Waals surface area contributed by atoms with Crippen molar-refractivity contribution in [2.75, 3.05) is 5.32 Å². The SMILES string of the molecule is Fc1ccc(C#Cc2cc(NCc3ccn4ccnc4c3)ccc2-c2ccncc2)cc1. The zero-order valence-corrected chi connectivity index (χ0v) is 17.2. The summed E-state index contributed by atoms with van der Waals surface area (Å²) in [7, 11) is 0. The maximum Gasteiger partial charge on any atom is 0.136 e. The number of nitrogens with one attached hydrogen (secondary N) is 1. The summed E-state index contributed by atoms with van der Waals surface area (Å²) < 4.78 is 15.2. The lowest BCUT2D eigenvalue weighted by molar-refractivity contribution is 0.627. The van der Waals surface area contributed by atoms with Crippen LogP contribution in [0.5, 0.6) is 0 Å². The number of hydrogen-bond donors (Lipinski definition) is 1. The second-order valence-electron chi connectivity index (χ2n) is 7.33. The molecule has 1 N–H and O–H groups in total. The molecular formula is C27H19FN4. The summed E-state index contributed by atoms with van der Waals surface area (Å²) in [6, 6.07) is 20.4. The monoisotopic (exact) mass is 418 g/mol. The standard InChI is InChI=1S/C27H19FN4/c28-24-5-2-20(3-6-24)1-4-23-18-25(7-8-26(23)22-9-12-29-13-10-22)31-19-21-11-15-32-16-14-30-27(32)17-21/h2-3,5-18,31H,19H2. The van der Waals surface area contributed by atoms with E-state index < -0.39 is 0 Å². The Hall–Kier alpha value is -4.43. The highest BCUT2D eigenvalue weighted by atomic mass is 19.1. The molecule has 0 fully saturated rings. The molecule has 5 aromatic rings. The minimum absolute atomic E-state index is 0.271. The van der Waals surface area contributed by atoms with E-state index >= 15 is 0 Å². The number of benzene rings is 2. The molecule has 32 heavy (non-hydrogen) atoms. The molecular weight excluding hydrogens is 399 g/mol. The van der Waals surface area contributed by atoms with Gasteiger partial charge in [-0.2, -0.15) is 0 Å². The molecule has 5 rings (SSSR count). The molecule has 0 aliphatic heterocycles. The molecule has 0 unspecified atom stereocenters. The highest BCUT2D eigenvalue weighted by molar-refractivity contribution is 5.74. The number of imidazole rings is 1. The van der Waals surface area contributed by atoms with Gasteiger partial charge in [0.2, 0.25) is 0 Å². The molecule has 0 aliphatic rings. The van der Waals surface area contributed by atoms with Gasteiger partial charge in [0.05, 0.1) is 0 Å². The molecule has 5 heteroatoms. The Labute approximate surface area is 185 Å². The average Bonchev–Trinajstić information content (AvgIpc) is 3.31. The van der Waals surface area contributed by atoms with Crippen LogP contribution in [0.2, 0.25) is 0 Å². The number of fused-ring (bicyclic) bond motifs is 1. The van der Waals surface area contributed by atoms with Crippen molar-refractivity contribution in [2.24, 2.45) is 0 Å². The number of rotatable bonds is 4. The van der Waals surface area contributed by atoms with Crippen LogP contribution in [0.3, 0.4) is 0 Å². The van der Waals surface area contributed by atoms with E-state index in [0.29, 0.717) is 6.54 Å². The van der Waals surface area contributed by atoms with Crippen molar-refractivity contribution < 1.29 is 4.39 Å². The quantitative estimate of drug-likeness (QED) is 0.389. The Kier molecular flexibility index (Phi) is 5.34. The summed E-state index contributed by atoms with van der Waals surface area (Å²) >= 11 is 0. The van der Waals surface area contributed by atoms with E-state index in [1.807, 2.05) is 41.1 Å². The first-order chi connectivity index (χ1) is 15.7. The van der Waals surface area contributed by atoms with Crippen molar-refractivity contribution in [1.29, 1.82) is 0 Å². The summed E-state index contributed by atoms with van der Waals surface area (Å²) in [5, 5.41) is 3.48. The van der Waals surface area contributed by atoms with E-state index in [0.717, 1.165) is 39.2 Å². The van der Waals surface area contributed by atoms with Gasteiger partial charge in [-0.15, -0.1) is 0 Å². The van der Waals surface area contributed by atoms with E-state index in [4.69, 9.17) is 0 Å². The summed E-state index contributed by atoms with van der Waals surface area (Å²) in [5.74, 6) is 6.14. The topological polar surface area (TPSA) is 42.2 Å². The molecule has 3 aromatic heterocycles. The fourth-order valence-electron chi connectivity index (χ4n) is 3.48. The third-order valence-electron chi connectivity index (χ3n) is 5.16. The lowest BCUT2D eigenvalue weighted by Crippen LogP contribution is -2.01. The third-order valence-corrected chi connectivity index (χ3v) is 5.16. The number of nitrogens with zero attached hydrogens (tertiary/aromatic N) is 3. The van der Waals surface area contributed by atoms with Crippen molar-refractivity contribution in [3.05, 3.63) is 120 Å². The van der Waals surface area contributed by atoms with E-state index in [2.05, 4.69) is 45.3 Å². The normalized spacial score (nSPS) is 10.5. The Bertz CT molecular complexity index is 1430. The van der Waals surface area contributed by atoms with E-state index in [9.17, 15) is 4.39 Å². The predicted molar refractivity (Wildman–Crippen MR) is 125 cm³/mol. The summed E-state index contributed by atoms with van der Waals surface area (Å²) in [6.07, 6.45) is 9.26. The van der Waals surface area contributed by atoms with Crippen molar-refractivity contribution in [2.45, 2.75) is 6.54 Å². The number of pyridine rings is 2. The van der Waals surface area contributed by atoms with Crippen LogP contribution in [-0.2, 0) is 6.54 Å². The summed E-state index contributed by atoms with van der Waals surface area (Å²) in [6.45, 7) is 0.669. The van der Waals surface area contributed by atoms with Crippen LogP contribution in [0.4, 0.5) is 10.1 Å². The van der Waals surface area contributed by atoms with Crippen molar-refractivity contribution in [1.82, 2.24) is 14.4 Å². The maximum atomic E-state index is 13.2. The second kappa shape index (κ2) is 8.75. The fraction of sp³-hybridized carbons (Fsp3) is 0.0370. The lowest BCUT2D eigenvalue weighted by Gasteiger charge is -2.11. The highest BCUT2D eigenvalue weighted by Gasteiger charge is 2.06. The van der Waals surface area contributed by atoms with Crippen LogP contribution in [0, 0.1) is 17.7 Å². The Morgan fingerprint density at radius 1 is 0.844 bits per heavy atom. The van der Waals surface area contributed by atoms with Crippen LogP contribution in [0.1, 0.15) is 16.7 Å². The van der Waals surface area contributed by atoms with Gasteiger partial charge in [0, 0.05) is 54.3 Å². The molecule has 0 radical (unpaired) electrons. The van der Waals surface area contributed by atoms with Gasteiger partial charge in [0.1, 0.15) is 11.5 Å². The molecule has 3 heterocycles. The van der Waals surface area contributed by atoms with Crippen molar-refractivity contribution >= 4 is 11.3 Å². The van der Waals surface area contributed by atoms with Gasteiger partial charge < -0.3 is 9.72 Å². The molecule has 4 nitrogen and oxygen atoms in total. The molecule has 2 aromatic carbocycles. The first kappa shape index (κ1) is 19.5. The van der Waals surface area contributed by atoms with Crippen molar-refractivity contribution in [3.8, 4) is 23.0 Å². The van der Waals surface area contributed by atoms with Crippen LogP contribution < -0.4 is 5.32 Å². The average molecular weight is 418 g/mol. The number of aromatic nitrogens is 3. The van der Waals surface area contributed by atoms with Gasteiger partial charge in [-0.3, -0.25) is 4.98 Å². The molecule has 0 amide bonds. The minimum Gasteiger partial charge on any atom is -0.381 e. The maximum absolute atomic E-state index is 13.2. The Morgan fingerprint density at radius 3 is 2.53 bits per heavy atom. The molecule has 154 valence electrons. The minimum atomic E-state index is -0.271. The molecule has 0 spiro atoms. The van der Waals surface area contributed by atoms with Crippen LogP contribution in [-0.4, -0.2) is 14.4 Å². The number of anilines is 1. The van der Waals surface area contributed by atoms with Gasteiger partial charge in [-0.25, -0.2) is 9.37 Å². The van der Waals surface area contributed by atoms with Crippen LogP contribution >= 0.6 is 0 Å². The van der Waals surface area contributed by atoms with E-state index in [1.165, 1.54) is 12.1 Å². The largest absolute Gasteiger partial charge is 0.381 e. The number of halogens is 1. The van der Waals surface area contributed by atoms with Crippen LogP contribution in [0.15, 0.2) is 97.7 Å². The predicted octanol–water partition coefficient (Wildman–Crippen LogP) is 5.55. The van der Waals surface area contributed by atoms with E-state index in [1.54, 1.807) is 30.7 Å². The fourth-order valence-corrected chi connectivity index (χ4v) is 3.48. The van der Waals surface area contributed by atoms with Gasteiger partial charge in [0.15, 0.2) is 0 Å². The number of hydrogen-bond acceptors (Lipinski definition) is 3. The molecule has 0 atom stereocenters. The second-order valence-corrected chi connectivity index (χ2v) is 7.33. The first-order valence-corrected chi connectivity index (χ1v) is 10.2. The zero-order chi connectivity index (χ0) is 21.8. The van der Waals surface area contributed by atoms with Gasteiger partial charge in [-0.1, -0.05) is 17.9 Å². The Balaban J connectivity index is 1.45. The summed E-state index contributed by atoms with van der Waals surface area (Å²) in [5.41, 5.74) is 6.73. The molecule has 0 aliphatic carbocycles. The Morgan fingerprint density at radius 2 is 1.69 bits per heavy atom. The third kappa shape index (κ3) is 4.35. The van der Waals surface area contributed by atoms with E-state index in [-0.39, 0.29) is 5.82 Å². The van der Waals surface area contributed by atoms with Crippen molar-refractivity contribution in [3.63, 3.8) is 0 Å². The van der Waals surface area contributed by atoms with Gasteiger partial charge >= 0.3 is 0 Å². The first-order valence-electron chi connectivity index (χ1n) is 10.2. The smallest absolute Gasteiger partial charge is 0.136 e. The molecule has 0 bridgehead atoms. The zero-order valence-electron chi connectivity index (χ0n) is 17.2. The lowest BCUT2D eigenvalue weighted by atomic mass is 9.99.